The van der Waals surface area contributed by atoms with E-state index in [1.54, 1.807) is 6.07 Å². The molecule has 21 heavy (non-hydrogen) atoms. The quantitative estimate of drug-likeness (QED) is 0.875. The molecule has 1 fully saturated rings. The van der Waals surface area contributed by atoms with Gasteiger partial charge in [-0.15, -0.1) is 0 Å². The van der Waals surface area contributed by atoms with Gasteiger partial charge in [0.25, 0.3) is 5.91 Å². The Bertz CT molecular complexity index is 570. The second-order valence-electron chi connectivity index (χ2n) is 5.93. The molecule has 0 aromatic heterocycles. The Labute approximate surface area is 129 Å². The third-order valence-electron chi connectivity index (χ3n) is 4.54. The Kier molecular flexibility index (Phi) is 3.82. The summed E-state index contributed by atoms with van der Waals surface area (Å²) in [6.07, 6.45) is 1.07. The van der Waals surface area contributed by atoms with E-state index >= 15 is 0 Å². The Hall–Kier alpha value is -1.30. The number of likely N-dealkylation sites (tertiary alicyclic amines) is 1. The highest BCUT2D eigenvalue weighted by Gasteiger charge is 2.31. The number of anilines is 2. The Balaban J connectivity index is 1.86. The maximum absolute atomic E-state index is 11.5. The predicted octanol–water partition coefficient (Wildman–Crippen LogP) is 1.86. The SMILES string of the molecule is CN1CCC(N(C)c2cc3c(cc2Cl)C(O)C(=O)N3)CC1. The molecule has 5 nitrogen and oxygen atoms in total. The van der Waals surface area contributed by atoms with Crippen molar-refractivity contribution >= 4 is 28.9 Å². The van der Waals surface area contributed by atoms with Gasteiger partial charge >= 0.3 is 0 Å². The Morgan fingerprint density at radius 1 is 1.38 bits per heavy atom. The molecule has 0 bridgehead atoms. The molecule has 2 heterocycles. The van der Waals surface area contributed by atoms with E-state index in [0.29, 0.717) is 22.3 Å². The van der Waals surface area contributed by atoms with Gasteiger partial charge in [-0.3, -0.25) is 4.79 Å². The van der Waals surface area contributed by atoms with Crippen LogP contribution in [0.4, 0.5) is 11.4 Å². The zero-order valence-electron chi connectivity index (χ0n) is 12.3. The van der Waals surface area contributed by atoms with Crippen LogP contribution in [-0.2, 0) is 4.79 Å². The molecular formula is C15H20ClN3O2. The van der Waals surface area contributed by atoms with Gasteiger partial charge in [0.05, 0.1) is 10.7 Å². The van der Waals surface area contributed by atoms with Gasteiger partial charge in [0.15, 0.2) is 6.10 Å². The van der Waals surface area contributed by atoms with Crippen LogP contribution in [0.3, 0.4) is 0 Å². The summed E-state index contributed by atoms with van der Waals surface area (Å²) in [4.78, 5) is 16.0. The number of aliphatic hydroxyl groups is 1. The lowest BCUT2D eigenvalue weighted by atomic mass is 10.0. The molecule has 1 aromatic carbocycles. The molecule has 2 aliphatic rings. The van der Waals surface area contributed by atoms with Crippen LogP contribution in [-0.4, -0.2) is 49.1 Å². The van der Waals surface area contributed by atoms with Crippen molar-refractivity contribution in [3.05, 3.63) is 22.7 Å². The molecule has 2 aliphatic heterocycles. The molecule has 1 aromatic rings. The fourth-order valence-corrected chi connectivity index (χ4v) is 3.41. The minimum Gasteiger partial charge on any atom is -0.378 e. The standard InChI is InChI=1S/C15H20ClN3O2/c1-18-5-3-9(4-6-18)19(2)13-8-12-10(7-11(13)16)14(20)15(21)17-12/h7-9,14,20H,3-6H2,1-2H3,(H,17,21). The third-order valence-corrected chi connectivity index (χ3v) is 4.84. The molecule has 3 rings (SSSR count). The molecule has 1 unspecified atom stereocenters. The molecule has 1 atom stereocenters. The number of amides is 1. The van der Waals surface area contributed by atoms with Crippen molar-refractivity contribution in [2.45, 2.75) is 25.0 Å². The van der Waals surface area contributed by atoms with Gasteiger partial charge in [0.1, 0.15) is 0 Å². The van der Waals surface area contributed by atoms with Gasteiger partial charge in [0, 0.05) is 24.3 Å². The van der Waals surface area contributed by atoms with Crippen LogP contribution < -0.4 is 10.2 Å². The summed E-state index contributed by atoms with van der Waals surface area (Å²) in [5, 5.41) is 13.1. The van der Waals surface area contributed by atoms with E-state index < -0.39 is 6.10 Å². The second-order valence-corrected chi connectivity index (χ2v) is 6.34. The van der Waals surface area contributed by atoms with E-state index in [4.69, 9.17) is 11.6 Å². The maximum atomic E-state index is 11.5. The summed E-state index contributed by atoms with van der Waals surface area (Å²) < 4.78 is 0. The van der Waals surface area contributed by atoms with Crippen LogP contribution in [0.15, 0.2) is 12.1 Å². The highest BCUT2D eigenvalue weighted by Crippen LogP contribution is 2.39. The number of rotatable bonds is 2. The lowest BCUT2D eigenvalue weighted by Crippen LogP contribution is -2.42. The highest BCUT2D eigenvalue weighted by molar-refractivity contribution is 6.33. The molecule has 2 N–H and O–H groups in total. The number of piperidine rings is 1. The first-order valence-electron chi connectivity index (χ1n) is 7.21. The number of carbonyl (C=O) groups excluding carboxylic acids is 1. The second kappa shape index (κ2) is 5.48. The van der Waals surface area contributed by atoms with Gasteiger partial charge in [-0.05, 0) is 45.1 Å². The van der Waals surface area contributed by atoms with Crippen molar-refractivity contribution < 1.29 is 9.90 Å². The predicted molar refractivity (Wildman–Crippen MR) is 84.0 cm³/mol. The van der Waals surface area contributed by atoms with Crippen molar-refractivity contribution in [3.8, 4) is 0 Å². The smallest absolute Gasteiger partial charge is 0.257 e. The van der Waals surface area contributed by atoms with E-state index in [9.17, 15) is 9.90 Å². The Morgan fingerprint density at radius 3 is 2.71 bits per heavy atom. The topological polar surface area (TPSA) is 55.8 Å². The fourth-order valence-electron chi connectivity index (χ4n) is 3.10. The number of hydrogen-bond acceptors (Lipinski definition) is 4. The van der Waals surface area contributed by atoms with Crippen molar-refractivity contribution in [2.24, 2.45) is 0 Å². The number of halogens is 1. The molecule has 114 valence electrons. The first-order chi connectivity index (χ1) is 9.97. The van der Waals surface area contributed by atoms with E-state index in [-0.39, 0.29) is 5.91 Å². The van der Waals surface area contributed by atoms with Crippen LogP contribution in [0.1, 0.15) is 24.5 Å². The molecule has 0 saturated carbocycles. The van der Waals surface area contributed by atoms with Crippen LogP contribution in [0.5, 0.6) is 0 Å². The van der Waals surface area contributed by atoms with Crippen molar-refractivity contribution in [1.82, 2.24) is 4.90 Å². The number of carbonyl (C=O) groups is 1. The van der Waals surface area contributed by atoms with Crippen LogP contribution in [0.2, 0.25) is 5.02 Å². The van der Waals surface area contributed by atoms with Gasteiger partial charge in [-0.2, -0.15) is 0 Å². The van der Waals surface area contributed by atoms with Crippen molar-refractivity contribution in [1.29, 1.82) is 0 Å². The number of hydrogen-bond donors (Lipinski definition) is 2. The van der Waals surface area contributed by atoms with Crippen LogP contribution in [0, 0.1) is 0 Å². The molecule has 1 amide bonds. The Morgan fingerprint density at radius 2 is 2.05 bits per heavy atom. The average Bonchev–Trinajstić information content (AvgIpc) is 2.73. The monoisotopic (exact) mass is 309 g/mol. The van der Waals surface area contributed by atoms with E-state index in [0.717, 1.165) is 31.6 Å². The van der Waals surface area contributed by atoms with Gasteiger partial charge in [0.2, 0.25) is 0 Å². The summed E-state index contributed by atoms with van der Waals surface area (Å²) in [5.41, 5.74) is 2.12. The zero-order valence-corrected chi connectivity index (χ0v) is 13.0. The molecule has 0 radical (unpaired) electrons. The summed E-state index contributed by atoms with van der Waals surface area (Å²) in [6, 6.07) is 4.00. The number of nitrogens with zero attached hydrogens (tertiary/aromatic N) is 2. The number of nitrogens with one attached hydrogen (secondary N) is 1. The number of benzene rings is 1. The first-order valence-corrected chi connectivity index (χ1v) is 7.59. The fraction of sp³-hybridized carbons (Fsp3) is 0.533. The van der Waals surface area contributed by atoms with E-state index in [1.807, 2.05) is 13.1 Å². The summed E-state index contributed by atoms with van der Waals surface area (Å²) in [6.45, 7) is 2.15. The molecule has 6 heteroatoms. The van der Waals surface area contributed by atoms with Crippen molar-refractivity contribution in [2.75, 3.05) is 37.4 Å². The molecule has 0 spiro atoms. The third kappa shape index (κ3) is 2.61. The van der Waals surface area contributed by atoms with Gasteiger partial charge in [-0.1, -0.05) is 11.6 Å². The number of fused-ring (bicyclic) bond motifs is 1. The van der Waals surface area contributed by atoms with E-state index in [2.05, 4.69) is 22.2 Å². The first kappa shape index (κ1) is 14.6. The zero-order chi connectivity index (χ0) is 15.1. The van der Waals surface area contributed by atoms with Crippen molar-refractivity contribution in [3.63, 3.8) is 0 Å². The number of aliphatic hydroxyl groups excluding tert-OH is 1. The lowest BCUT2D eigenvalue weighted by molar-refractivity contribution is -0.123. The minimum absolute atomic E-state index is 0.389. The minimum atomic E-state index is -1.11. The lowest BCUT2D eigenvalue weighted by Gasteiger charge is -2.37. The largest absolute Gasteiger partial charge is 0.378 e. The molecule has 1 saturated heterocycles. The summed E-state index contributed by atoms with van der Waals surface area (Å²) in [7, 11) is 4.17. The molecule has 0 aliphatic carbocycles. The van der Waals surface area contributed by atoms with Gasteiger partial charge < -0.3 is 20.2 Å². The van der Waals surface area contributed by atoms with Gasteiger partial charge in [-0.25, -0.2) is 0 Å². The summed E-state index contributed by atoms with van der Waals surface area (Å²) in [5.74, 6) is -0.389. The molecular weight excluding hydrogens is 290 g/mol. The average molecular weight is 310 g/mol. The maximum Gasteiger partial charge on any atom is 0.257 e. The highest BCUT2D eigenvalue weighted by atomic mass is 35.5. The normalized spacial score (nSPS) is 23.0. The van der Waals surface area contributed by atoms with Crippen LogP contribution in [0.25, 0.3) is 0 Å². The van der Waals surface area contributed by atoms with E-state index in [1.165, 1.54) is 0 Å². The van der Waals surface area contributed by atoms with Crippen LogP contribution >= 0.6 is 11.6 Å². The summed E-state index contributed by atoms with van der Waals surface area (Å²) >= 11 is 6.36.